The molecule has 1 saturated heterocycles. The van der Waals surface area contributed by atoms with Crippen LogP contribution in [0.1, 0.15) is 47.5 Å². The molecule has 0 radical (unpaired) electrons. The second-order valence-corrected chi connectivity index (χ2v) is 6.82. The molecule has 0 aromatic carbocycles. The van der Waals surface area contributed by atoms with Gasteiger partial charge in [0.05, 0.1) is 5.41 Å². The molecule has 6 heteroatoms. The molecule has 1 aliphatic rings. The van der Waals surface area contributed by atoms with Crippen molar-refractivity contribution in [2.24, 2.45) is 5.41 Å². The molecule has 0 bridgehead atoms. The van der Waals surface area contributed by atoms with Gasteiger partial charge in [-0.05, 0) is 41.0 Å². The molecule has 22 heavy (non-hydrogen) atoms. The van der Waals surface area contributed by atoms with Gasteiger partial charge in [0.15, 0.2) is 0 Å². The number of ether oxygens (including phenoxy) is 3. The minimum absolute atomic E-state index is 0.274. The molecule has 6 nitrogen and oxygen atoms in total. The first-order valence-corrected chi connectivity index (χ1v) is 7.24. The van der Waals surface area contributed by atoms with Gasteiger partial charge in [-0.2, -0.15) is 0 Å². The summed E-state index contributed by atoms with van der Waals surface area (Å²) in [6.45, 7) is 11.9. The van der Waals surface area contributed by atoms with Crippen molar-refractivity contribution in [3.8, 4) is 0 Å². The monoisotopic (exact) mass is 312 g/mol. The average molecular weight is 312 g/mol. The Hall–Kier alpha value is -1.85. The molecule has 0 aromatic heterocycles. The van der Waals surface area contributed by atoms with E-state index in [1.165, 1.54) is 0 Å². The quantitative estimate of drug-likeness (QED) is 0.425. The molecule has 1 fully saturated rings. The third-order valence-corrected chi connectivity index (χ3v) is 3.40. The molecule has 124 valence electrons. The third kappa shape index (κ3) is 4.86. The van der Waals surface area contributed by atoms with Crippen molar-refractivity contribution in [3.63, 3.8) is 0 Å². The van der Waals surface area contributed by atoms with Gasteiger partial charge < -0.3 is 14.2 Å². The minimum Gasteiger partial charge on any atom is -0.459 e. The lowest BCUT2D eigenvalue weighted by atomic mass is 9.87. The lowest BCUT2D eigenvalue weighted by molar-refractivity contribution is -0.170. The van der Waals surface area contributed by atoms with E-state index in [2.05, 4.69) is 6.58 Å². The van der Waals surface area contributed by atoms with Crippen LogP contribution in [0.5, 0.6) is 0 Å². The number of rotatable bonds is 6. The maximum Gasteiger partial charge on any atom is 0.348 e. The third-order valence-electron chi connectivity index (χ3n) is 3.40. The van der Waals surface area contributed by atoms with Gasteiger partial charge in [-0.15, -0.1) is 0 Å². The number of hydrogen-bond donors (Lipinski definition) is 0. The largest absolute Gasteiger partial charge is 0.459 e. The van der Waals surface area contributed by atoms with Crippen LogP contribution in [-0.2, 0) is 28.6 Å². The Bertz CT molecular complexity index is 477. The standard InChI is InChI=1S/C16H24O6/c1-7-12(17)20-10(2)8-15(3,4)14(19)21-11-9-16(5,6)22-13(11)18/h7,10-11H,1,8-9H2,2-6H3. The first-order valence-electron chi connectivity index (χ1n) is 7.24. The van der Waals surface area contributed by atoms with Crippen LogP contribution in [0.3, 0.4) is 0 Å². The van der Waals surface area contributed by atoms with Crippen LogP contribution in [0.4, 0.5) is 0 Å². The van der Waals surface area contributed by atoms with Crippen molar-refractivity contribution in [3.05, 3.63) is 12.7 Å². The van der Waals surface area contributed by atoms with Crippen molar-refractivity contribution in [1.29, 1.82) is 0 Å². The first-order chi connectivity index (χ1) is 9.97. The lowest BCUT2D eigenvalue weighted by Gasteiger charge is -2.26. The SMILES string of the molecule is C=CC(=O)OC(C)CC(C)(C)C(=O)OC1CC(C)(C)OC1=O. The molecule has 1 heterocycles. The van der Waals surface area contributed by atoms with Crippen LogP contribution in [0.2, 0.25) is 0 Å². The summed E-state index contributed by atoms with van der Waals surface area (Å²) in [5.41, 5.74) is -1.52. The van der Waals surface area contributed by atoms with Crippen LogP contribution in [0.15, 0.2) is 12.7 Å². The van der Waals surface area contributed by atoms with Crippen molar-refractivity contribution >= 4 is 17.9 Å². The van der Waals surface area contributed by atoms with E-state index in [1.54, 1.807) is 34.6 Å². The molecule has 1 aliphatic heterocycles. The highest BCUT2D eigenvalue weighted by molar-refractivity contribution is 5.83. The van der Waals surface area contributed by atoms with Crippen LogP contribution >= 0.6 is 0 Å². The van der Waals surface area contributed by atoms with Gasteiger partial charge in [0, 0.05) is 12.5 Å². The van der Waals surface area contributed by atoms with Crippen molar-refractivity contribution < 1.29 is 28.6 Å². The highest BCUT2D eigenvalue weighted by atomic mass is 16.6. The molecule has 0 amide bonds. The number of carbonyl (C=O) groups is 3. The van der Waals surface area contributed by atoms with Gasteiger partial charge in [0.2, 0.25) is 6.10 Å². The lowest BCUT2D eigenvalue weighted by Crippen LogP contribution is -2.35. The van der Waals surface area contributed by atoms with E-state index in [0.717, 1.165) is 6.08 Å². The summed E-state index contributed by atoms with van der Waals surface area (Å²) in [7, 11) is 0. The molecule has 2 atom stereocenters. The Balaban J connectivity index is 2.61. The van der Waals surface area contributed by atoms with Crippen LogP contribution in [0.25, 0.3) is 0 Å². The Kier molecular flexibility index (Phi) is 5.38. The fourth-order valence-corrected chi connectivity index (χ4v) is 2.38. The molecule has 0 spiro atoms. The number of cyclic esters (lactones) is 1. The maximum atomic E-state index is 12.3. The second kappa shape index (κ2) is 6.50. The smallest absolute Gasteiger partial charge is 0.348 e. The molecule has 0 N–H and O–H groups in total. The van der Waals surface area contributed by atoms with E-state index in [9.17, 15) is 14.4 Å². The summed E-state index contributed by atoms with van der Waals surface area (Å²) in [6, 6.07) is 0. The van der Waals surface area contributed by atoms with Crippen molar-refractivity contribution in [2.75, 3.05) is 0 Å². The number of hydrogen-bond acceptors (Lipinski definition) is 6. The molecule has 1 rings (SSSR count). The van der Waals surface area contributed by atoms with E-state index in [0.29, 0.717) is 6.42 Å². The molecular weight excluding hydrogens is 288 g/mol. The zero-order valence-corrected chi connectivity index (χ0v) is 13.8. The maximum absolute atomic E-state index is 12.3. The van der Waals surface area contributed by atoms with E-state index < -0.39 is 41.1 Å². The van der Waals surface area contributed by atoms with Crippen LogP contribution in [-0.4, -0.2) is 35.7 Å². The highest BCUT2D eigenvalue weighted by Gasteiger charge is 2.44. The predicted octanol–water partition coefficient (Wildman–Crippen LogP) is 2.16. The number of esters is 3. The first kappa shape index (κ1) is 18.2. The van der Waals surface area contributed by atoms with Crippen LogP contribution < -0.4 is 0 Å². The predicted molar refractivity (Wildman–Crippen MR) is 78.8 cm³/mol. The van der Waals surface area contributed by atoms with E-state index in [-0.39, 0.29) is 6.42 Å². The summed E-state index contributed by atoms with van der Waals surface area (Å²) >= 11 is 0. The molecule has 0 saturated carbocycles. The topological polar surface area (TPSA) is 78.9 Å². The minimum atomic E-state index is -0.895. The Morgan fingerprint density at radius 1 is 1.50 bits per heavy atom. The van der Waals surface area contributed by atoms with Gasteiger partial charge in [0.25, 0.3) is 0 Å². The van der Waals surface area contributed by atoms with Gasteiger partial charge >= 0.3 is 17.9 Å². The Labute approximate surface area is 130 Å². The Morgan fingerprint density at radius 2 is 2.09 bits per heavy atom. The van der Waals surface area contributed by atoms with E-state index in [4.69, 9.17) is 14.2 Å². The molecule has 0 aliphatic carbocycles. The van der Waals surface area contributed by atoms with E-state index in [1.807, 2.05) is 0 Å². The van der Waals surface area contributed by atoms with Gasteiger partial charge in [-0.3, -0.25) is 4.79 Å². The summed E-state index contributed by atoms with van der Waals surface area (Å²) in [5, 5.41) is 0. The highest BCUT2D eigenvalue weighted by Crippen LogP contribution is 2.31. The summed E-state index contributed by atoms with van der Waals surface area (Å²) < 4.78 is 15.5. The van der Waals surface area contributed by atoms with Gasteiger partial charge in [-0.25, -0.2) is 9.59 Å². The second-order valence-electron chi connectivity index (χ2n) is 6.82. The number of carbonyl (C=O) groups excluding carboxylic acids is 3. The van der Waals surface area contributed by atoms with Gasteiger partial charge in [-0.1, -0.05) is 6.58 Å². The summed E-state index contributed by atoms with van der Waals surface area (Å²) in [6.07, 6.45) is 0.316. The molecule has 2 unspecified atom stereocenters. The van der Waals surface area contributed by atoms with Crippen molar-refractivity contribution in [2.45, 2.75) is 65.3 Å². The summed E-state index contributed by atoms with van der Waals surface area (Å²) in [4.78, 5) is 35.1. The van der Waals surface area contributed by atoms with E-state index >= 15 is 0 Å². The molecular formula is C16H24O6. The zero-order valence-electron chi connectivity index (χ0n) is 13.8. The zero-order chi connectivity index (χ0) is 17.1. The normalized spacial score (nSPS) is 21.7. The average Bonchev–Trinajstić information content (AvgIpc) is 2.60. The fourth-order valence-electron chi connectivity index (χ4n) is 2.38. The van der Waals surface area contributed by atoms with Crippen molar-refractivity contribution in [1.82, 2.24) is 0 Å². The fraction of sp³-hybridized carbons (Fsp3) is 0.688. The Morgan fingerprint density at radius 3 is 2.55 bits per heavy atom. The summed E-state index contributed by atoms with van der Waals surface area (Å²) in [5.74, 6) is -1.59. The van der Waals surface area contributed by atoms with Crippen LogP contribution in [0, 0.1) is 5.41 Å². The molecule has 0 aromatic rings. The van der Waals surface area contributed by atoms with Gasteiger partial charge in [0.1, 0.15) is 11.7 Å².